The molecule has 0 rings (SSSR count). The van der Waals surface area contributed by atoms with Gasteiger partial charge in [0.05, 0.1) is 0 Å². The predicted molar refractivity (Wildman–Crippen MR) is 33.3 cm³/mol. The van der Waals surface area contributed by atoms with Gasteiger partial charge in [0.1, 0.15) is 0 Å². The van der Waals surface area contributed by atoms with Gasteiger partial charge in [-0.25, -0.2) is 0 Å². The highest BCUT2D eigenvalue weighted by Gasteiger charge is 1.84. The van der Waals surface area contributed by atoms with Crippen LogP contribution >= 0.6 is 11.8 Å². The summed E-state index contributed by atoms with van der Waals surface area (Å²) in [6, 6.07) is 0. The Morgan fingerprint density at radius 1 is 1.86 bits per heavy atom. The molecule has 0 fully saturated rings. The third-order valence-electron chi connectivity index (χ3n) is 0.375. The smallest absolute Gasteiger partial charge is 0.151 e. The van der Waals surface area contributed by atoms with Crippen LogP contribution in [0.5, 0.6) is 0 Å². The van der Waals surface area contributed by atoms with Crippen LogP contribution in [0.25, 0.3) is 0 Å². The molecule has 2 radical (unpaired) electrons. The van der Waals surface area contributed by atoms with Crippen molar-refractivity contribution in [1.82, 2.24) is 0 Å². The number of rotatable bonds is 2. The van der Waals surface area contributed by atoms with Crippen LogP contribution in [0.15, 0.2) is 0 Å². The summed E-state index contributed by atoms with van der Waals surface area (Å²) in [5.74, 6) is 0.745. The zero-order chi connectivity index (χ0) is 5.70. The second-order valence-electron chi connectivity index (χ2n) is 1.00. The molecule has 3 N–H and O–H groups in total. The first-order valence-corrected chi connectivity index (χ1v) is 2.93. The van der Waals surface area contributed by atoms with E-state index >= 15 is 0 Å². The van der Waals surface area contributed by atoms with Gasteiger partial charge in [0.25, 0.3) is 0 Å². The first-order chi connectivity index (χ1) is 3.27. The van der Waals surface area contributed by atoms with Crippen LogP contribution in [0, 0.1) is 12.3 Å². The fourth-order valence-electron chi connectivity index (χ4n) is 0.169. The van der Waals surface area contributed by atoms with Gasteiger partial charge in [0.2, 0.25) is 0 Å². The molecular formula is C4H8N2S. The lowest BCUT2D eigenvalue weighted by Crippen LogP contribution is -2.03. The number of amidine groups is 1. The van der Waals surface area contributed by atoms with Gasteiger partial charge in [-0.3, -0.25) is 5.41 Å². The fourth-order valence-corrected chi connectivity index (χ4v) is 0.507. The Balaban J connectivity index is 2.82. The molecular weight excluding hydrogens is 108 g/mol. The van der Waals surface area contributed by atoms with E-state index in [-0.39, 0.29) is 5.17 Å². The van der Waals surface area contributed by atoms with E-state index in [0.717, 1.165) is 5.75 Å². The van der Waals surface area contributed by atoms with Crippen LogP contribution in [0.3, 0.4) is 0 Å². The molecule has 40 valence electrons. The lowest BCUT2D eigenvalue weighted by atomic mass is 10.6. The van der Waals surface area contributed by atoms with Crippen molar-refractivity contribution in [2.24, 2.45) is 5.73 Å². The van der Waals surface area contributed by atoms with Crippen LogP contribution in [0.1, 0.15) is 6.42 Å². The summed E-state index contributed by atoms with van der Waals surface area (Å²) in [5, 5.41) is 6.83. The van der Waals surface area contributed by atoms with Crippen molar-refractivity contribution in [3.8, 4) is 0 Å². The molecule has 7 heavy (non-hydrogen) atoms. The molecule has 0 aromatic carbocycles. The Morgan fingerprint density at radius 2 is 2.43 bits per heavy atom. The highest BCUT2D eigenvalue weighted by molar-refractivity contribution is 8.13. The van der Waals surface area contributed by atoms with E-state index < -0.39 is 0 Å². The summed E-state index contributed by atoms with van der Waals surface area (Å²) in [7, 11) is 0. The minimum absolute atomic E-state index is 0.144. The van der Waals surface area contributed by atoms with Crippen LogP contribution in [-0.2, 0) is 0 Å². The Labute approximate surface area is 48.0 Å². The molecule has 3 heteroatoms. The highest BCUT2D eigenvalue weighted by atomic mass is 32.2. The Kier molecular flexibility index (Phi) is 3.89. The van der Waals surface area contributed by atoms with Crippen molar-refractivity contribution in [2.45, 2.75) is 6.42 Å². The molecule has 0 spiro atoms. The van der Waals surface area contributed by atoms with Gasteiger partial charge < -0.3 is 5.73 Å². The van der Waals surface area contributed by atoms with Gasteiger partial charge in [-0.1, -0.05) is 11.8 Å². The SMILES string of the molecule is [CH]CCSC(=N)N. The van der Waals surface area contributed by atoms with Crippen LogP contribution in [0.4, 0.5) is 0 Å². The quantitative estimate of drug-likeness (QED) is 0.412. The van der Waals surface area contributed by atoms with E-state index in [1.54, 1.807) is 0 Å². The van der Waals surface area contributed by atoms with E-state index in [1.165, 1.54) is 11.8 Å². The molecule has 0 aliphatic rings. The molecule has 0 aromatic heterocycles. The molecule has 0 heterocycles. The molecule has 2 nitrogen and oxygen atoms in total. The van der Waals surface area contributed by atoms with Gasteiger partial charge in [0, 0.05) is 5.75 Å². The number of nitrogens with one attached hydrogen (secondary N) is 1. The maximum atomic E-state index is 6.68. The summed E-state index contributed by atoms with van der Waals surface area (Å²) < 4.78 is 0. The van der Waals surface area contributed by atoms with Crippen molar-refractivity contribution in [3.63, 3.8) is 0 Å². The molecule has 0 saturated heterocycles. The van der Waals surface area contributed by atoms with Gasteiger partial charge >= 0.3 is 0 Å². The van der Waals surface area contributed by atoms with E-state index in [1.807, 2.05) is 0 Å². The number of nitrogens with two attached hydrogens (primary N) is 1. The third-order valence-corrected chi connectivity index (χ3v) is 1.13. The lowest BCUT2D eigenvalue weighted by Gasteiger charge is -1.89. The van der Waals surface area contributed by atoms with E-state index in [0.29, 0.717) is 6.42 Å². The van der Waals surface area contributed by atoms with Crippen molar-refractivity contribution in [1.29, 1.82) is 5.41 Å². The minimum atomic E-state index is 0.144. The van der Waals surface area contributed by atoms with Crippen LogP contribution in [-0.4, -0.2) is 10.9 Å². The van der Waals surface area contributed by atoms with Crippen molar-refractivity contribution < 1.29 is 0 Å². The first-order valence-electron chi connectivity index (χ1n) is 1.94. The molecule has 0 aromatic rings. The van der Waals surface area contributed by atoms with E-state index in [9.17, 15) is 0 Å². The van der Waals surface area contributed by atoms with Crippen molar-refractivity contribution >= 4 is 16.9 Å². The molecule has 0 aliphatic heterocycles. The summed E-state index contributed by atoms with van der Waals surface area (Å²) in [5.41, 5.74) is 4.97. The molecule has 0 bridgehead atoms. The van der Waals surface area contributed by atoms with Crippen LogP contribution in [0.2, 0.25) is 0 Å². The first kappa shape index (κ1) is 6.82. The van der Waals surface area contributed by atoms with Gasteiger partial charge in [-0.05, 0) is 13.3 Å². The van der Waals surface area contributed by atoms with Gasteiger partial charge in [0.15, 0.2) is 5.17 Å². The summed E-state index contributed by atoms with van der Waals surface area (Å²) in [6.07, 6.45) is 0.588. The Hall–Kier alpha value is -0.180. The Bertz CT molecular complexity index is 62.7. The normalized spacial score (nSPS) is 8.71. The fraction of sp³-hybridized carbons (Fsp3) is 0.500. The topological polar surface area (TPSA) is 49.9 Å². The second kappa shape index (κ2) is 3.99. The molecule has 0 saturated carbocycles. The minimum Gasteiger partial charge on any atom is -0.379 e. The largest absolute Gasteiger partial charge is 0.379 e. The summed E-state index contributed by atoms with van der Waals surface area (Å²) >= 11 is 1.27. The lowest BCUT2D eigenvalue weighted by molar-refractivity contribution is 1.25. The maximum absolute atomic E-state index is 6.68. The summed E-state index contributed by atoms with van der Waals surface area (Å²) in [6.45, 7) is 5.10. The number of hydrogen-bond donors (Lipinski definition) is 2. The standard InChI is InChI=1S/C4H8N2S/c1-2-3-7-4(5)6/h1H,2-3H2,(H3,5,6). The van der Waals surface area contributed by atoms with Crippen LogP contribution < -0.4 is 5.73 Å². The number of thioether (sulfide) groups is 1. The van der Waals surface area contributed by atoms with Gasteiger partial charge in [-0.15, -0.1) is 0 Å². The predicted octanol–water partition coefficient (Wildman–Crippen LogP) is 0.714. The maximum Gasteiger partial charge on any atom is 0.151 e. The number of hydrogen-bond acceptors (Lipinski definition) is 2. The van der Waals surface area contributed by atoms with E-state index in [2.05, 4.69) is 0 Å². The zero-order valence-corrected chi connectivity index (χ0v) is 4.79. The van der Waals surface area contributed by atoms with Crippen molar-refractivity contribution in [2.75, 3.05) is 5.75 Å². The van der Waals surface area contributed by atoms with Gasteiger partial charge in [-0.2, -0.15) is 0 Å². The highest BCUT2D eigenvalue weighted by Crippen LogP contribution is 1.97. The monoisotopic (exact) mass is 116 g/mol. The molecule has 0 aliphatic carbocycles. The van der Waals surface area contributed by atoms with E-state index in [4.69, 9.17) is 18.1 Å². The van der Waals surface area contributed by atoms with Crippen molar-refractivity contribution in [3.05, 3.63) is 6.92 Å². The zero-order valence-electron chi connectivity index (χ0n) is 3.98. The second-order valence-corrected chi connectivity index (χ2v) is 2.14. The molecule has 0 unspecified atom stereocenters. The average molecular weight is 116 g/mol. The third kappa shape index (κ3) is 5.82. The molecule has 0 atom stereocenters. The summed E-state index contributed by atoms with van der Waals surface area (Å²) in [4.78, 5) is 0. The molecule has 0 amide bonds. The Morgan fingerprint density at radius 3 is 2.57 bits per heavy atom. The average Bonchev–Trinajstić information content (AvgIpc) is 1.61.